The van der Waals surface area contributed by atoms with Crippen molar-refractivity contribution in [3.8, 4) is 0 Å². The number of likely N-dealkylation sites (tertiary alicyclic amines) is 1. The molecule has 0 radical (unpaired) electrons. The Morgan fingerprint density at radius 2 is 1.58 bits per heavy atom. The van der Waals surface area contributed by atoms with Gasteiger partial charge in [0, 0.05) is 31.3 Å². The molecule has 0 aromatic heterocycles. The zero-order valence-corrected chi connectivity index (χ0v) is 14.3. The van der Waals surface area contributed by atoms with Crippen LogP contribution in [0.3, 0.4) is 0 Å². The first kappa shape index (κ1) is 18.0. The molecule has 1 aromatic carbocycles. The van der Waals surface area contributed by atoms with Crippen molar-refractivity contribution in [2.45, 2.75) is 45.6 Å². The molecule has 1 fully saturated rings. The maximum absolute atomic E-state index is 12.5. The Labute approximate surface area is 142 Å². The Kier molecular flexibility index (Phi) is 6.35. The molecule has 0 saturated carbocycles. The predicted molar refractivity (Wildman–Crippen MR) is 92.7 cm³/mol. The zero-order valence-electron chi connectivity index (χ0n) is 14.3. The molecule has 0 aliphatic carbocycles. The highest BCUT2D eigenvalue weighted by Gasteiger charge is 2.18. The lowest BCUT2D eigenvalue weighted by Crippen LogP contribution is -2.40. The highest BCUT2D eigenvalue weighted by molar-refractivity contribution is 5.98. The summed E-state index contributed by atoms with van der Waals surface area (Å²) in [7, 11) is 0. The van der Waals surface area contributed by atoms with E-state index in [1.807, 2.05) is 4.90 Å². The number of carbonyl (C=O) groups is 3. The summed E-state index contributed by atoms with van der Waals surface area (Å²) in [5, 5.41) is 5.25. The third-order valence-electron chi connectivity index (χ3n) is 4.11. The fraction of sp³-hybridized carbons (Fsp3) is 0.500. The summed E-state index contributed by atoms with van der Waals surface area (Å²) in [4.78, 5) is 37.3. The molecule has 2 rings (SSSR count). The maximum Gasteiger partial charge on any atom is 0.253 e. The second-order valence-corrected chi connectivity index (χ2v) is 6.20. The van der Waals surface area contributed by atoms with Crippen LogP contribution in [0.25, 0.3) is 0 Å². The van der Waals surface area contributed by atoms with Crippen LogP contribution in [0.4, 0.5) is 5.69 Å². The van der Waals surface area contributed by atoms with E-state index in [0.717, 1.165) is 25.9 Å². The van der Waals surface area contributed by atoms with Crippen LogP contribution >= 0.6 is 0 Å². The molecule has 1 atom stereocenters. The van der Waals surface area contributed by atoms with Crippen molar-refractivity contribution in [2.75, 3.05) is 18.4 Å². The summed E-state index contributed by atoms with van der Waals surface area (Å²) >= 11 is 0. The van der Waals surface area contributed by atoms with E-state index in [1.54, 1.807) is 31.2 Å². The highest BCUT2D eigenvalue weighted by Crippen LogP contribution is 2.15. The maximum atomic E-state index is 12.5. The van der Waals surface area contributed by atoms with Gasteiger partial charge in [0.25, 0.3) is 5.91 Å². The number of benzene rings is 1. The summed E-state index contributed by atoms with van der Waals surface area (Å²) in [5.74, 6) is -0.505. The van der Waals surface area contributed by atoms with E-state index in [2.05, 4.69) is 10.6 Å². The second kappa shape index (κ2) is 8.47. The zero-order chi connectivity index (χ0) is 17.5. The summed E-state index contributed by atoms with van der Waals surface area (Å²) in [6, 6.07) is 6.27. The van der Waals surface area contributed by atoms with E-state index in [0.29, 0.717) is 11.3 Å². The van der Waals surface area contributed by atoms with Gasteiger partial charge in [-0.15, -0.1) is 0 Å². The Balaban J connectivity index is 1.95. The third kappa shape index (κ3) is 5.08. The molecule has 1 unspecified atom stereocenters. The first-order valence-corrected chi connectivity index (χ1v) is 8.44. The van der Waals surface area contributed by atoms with Crippen molar-refractivity contribution >= 4 is 23.4 Å². The quantitative estimate of drug-likeness (QED) is 0.887. The molecule has 3 amide bonds. The molecule has 1 aliphatic heterocycles. The standard InChI is InChI=1S/C18H25N3O3/c1-13(19-14(2)22)17(23)20-16-9-7-15(8-10-16)18(24)21-11-5-3-4-6-12-21/h7-10,13H,3-6,11-12H2,1-2H3,(H,19,22)(H,20,23). The van der Waals surface area contributed by atoms with Crippen LogP contribution in [0.1, 0.15) is 49.9 Å². The minimum Gasteiger partial charge on any atom is -0.345 e. The highest BCUT2D eigenvalue weighted by atomic mass is 16.2. The van der Waals surface area contributed by atoms with Gasteiger partial charge in [-0.05, 0) is 44.0 Å². The molecule has 0 bridgehead atoms. The Morgan fingerprint density at radius 3 is 2.12 bits per heavy atom. The SMILES string of the molecule is CC(=O)NC(C)C(=O)Nc1ccc(C(=O)N2CCCCCC2)cc1. The Hall–Kier alpha value is -2.37. The van der Waals surface area contributed by atoms with E-state index in [4.69, 9.17) is 0 Å². The molecule has 1 aromatic rings. The van der Waals surface area contributed by atoms with Crippen LogP contribution in [0.2, 0.25) is 0 Å². The largest absolute Gasteiger partial charge is 0.345 e. The van der Waals surface area contributed by atoms with E-state index >= 15 is 0 Å². The Morgan fingerprint density at radius 1 is 1.00 bits per heavy atom. The summed E-state index contributed by atoms with van der Waals surface area (Å²) < 4.78 is 0. The smallest absolute Gasteiger partial charge is 0.253 e. The number of hydrogen-bond donors (Lipinski definition) is 2. The van der Waals surface area contributed by atoms with Gasteiger partial charge in [0.15, 0.2) is 0 Å². The lowest BCUT2D eigenvalue weighted by Gasteiger charge is -2.20. The van der Waals surface area contributed by atoms with Crippen LogP contribution in [-0.2, 0) is 9.59 Å². The molecule has 1 heterocycles. The molecule has 6 heteroatoms. The number of amides is 3. The topological polar surface area (TPSA) is 78.5 Å². The van der Waals surface area contributed by atoms with Gasteiger partial charge in [0.2, 0.25) is 11.8 Å². The van der Waals surface area contributed by atoms with Gasteiger partial charge in [-0.1, -0.05) is 12.8 Å². The van der Waals surface area contributed by atoms with Gasteiger partial charge < -0.3 is 15.5 Å². The average molecular weight is 331 g/mol. The first-order valence-electron chi connectivity index (χ1n) is 8.44. The number of carbonyl (C=O) groups excluding carboxylic acids is 3. The van der Waals surface area contributed by atoms with Crippen LogP contribution in [0.5, 0.6) is 0 Å². The van der Waals surface area contributed by atoms with Crippen molar-refractivity contribution in [1.82, 2.24) is 10.2 Å². The van der Waals surface area contributed by atoms with Crippen molar-refractivity contribution in [3.05, 3.63) is 29.8 Å². The molecular formula is C18H25N3O3. The van der Waals surface area contributed by atoms with Gasteiger partial charge in [0.1, 0.15) is 6.04 Å². The molecule has 0 spiro atoms. The minimum absolute atomic E-state index is 0.0430. The van der Waals surface area contributed by atoms with Gasteiger partial charge in [-0.3, -0.25) is 14.4 Å². The molecule has 6 nitrogen and oxygen atoms in total. The van der Waals surface area contributed by atoms with Crippen LogP contribution in [0, 0.1) is 0 Å². The van der Waals surface area contributed by atoms with E-state index in [-0.39, 0.29) is 17.7 Å². The number of nitrogens with zero attached hydrogens (tertiary/aromatic N) is 1. The van der Waals surface area contributed by atoms with Crippen LogP contribution in [-0.4, -0.2) is 41.8 Å². The minimum atomic E-state index is -0.610. The van der Waals surface area contributed by atoms with Crippen molar-refractivity contribution in [3.63, 3.8) is 0 Å². The second-order valence-electron chi connectivity index (χ2n) is 6.20. The summed E-state index contributed by atoms with van der Waals surface area (Å²) in [6.45, 7) is 4.61. The van der Waals surface area contributed by atoms with Crippen LogP contribution in [0.15, 0.2) is 24.3 Å². The van der Waals surface area contributed by atoms with E-state index in [1.165, 1.54) is 19.8 Å². The third-order valence-corrected chi connectivity index (χ3v) is 4.11. The lowest BCUT2D eigenvalue weighted by molar-refractivity contribution is -0.124. The number of nitrogens with one attached hydrogen (secondary N) is 2. The number of rotatable bonds is 4. The number of hydrogen-bond acceptors (Lipinski definition) is 3. The molecule has 130 valence electrons. The normalized spacial score (nSPS) is 16.0. The summed E-state index contributed by atoms with van der Waals surface area (Å²) in [5.41, 5.74) is 1.23. The molecule has 1 aliphatic rings. The van der Waals surface area contributed by atoms with Gasteiger partial charge >= 0.3 is 0 Å². The predicted octanol–water partition coefficient (Wildman–Crippen LogP) is 2.17. The molecule has 1 saturated heterocycles. The van der Waals surface area contributed by atoms with Crippen molar-refractivity contribution in [2.24, 2.45) is 0 Å². The Bertz CT molecular complexity index is 590. The fourth-order valence-corrected chi connectivity index (χ4v) is 2.77. The molecular weight excluding hydrogens is 306 g/mol. The van der Waals surface area contributed by atoms with Crippen molar-refractivity contribution < 1.29 is 14.4 Å². The lowest BCUT2D eigenvalue weighted by atomic mass is 10.1. The van der Waals surface area contributed by atoms with E-state index in [9.17, 15) is 14.4 Å². The van der Waals surface area contributed by atoms with Gasteiger partial charge in [0.05, 0.1) is 0 Å². The van der Waals surface area contributed by atoms with Crippen molar-refractivity contribution in [1.29, 1.82) is 0 Å². The van der Waals surface area contributed by atoms with E-state index < -0.39 is 6.04 Å². The summed E-state index contributed by atoms with van der Waals surface area (Å²) in [6.07, 6.45) is 4.48. The average Bonchev–Trinajstić information content (AvgIpc) is 2.83. The fourth-order valence-electron chi connectivity index (χ4n) is 2.77. The monoisotopic (exact) mass is 331 g/mol. The number of anilines is 1. The van der Waals surface area contributed by atoms with Gasteiger partial charge in [-0.25, -0.2) is 0 Å². The first-order chi connectivity index (χ1) is 11.5. The van der Waals surface area contributed by atoms with Crippen LogP contribution < -0.4 is 10.6 Å². The molecule has 2 N–H and O–H groups in total. The molecule has 24 heavy (non-hydrogen) atoms. The van der Waals surface area contributed by atoms with Gasteiger partial charge in [-0.2, -0.15) is 0 Å².